The van der Waals surface area contributed by atoms with Crippen LogP contribution in [0.4, 0.5) is 11.4 Å². The van der Waals surface area contributed by atoms with Gasteiger partial charge >= 0.3 is 0 Å². The van der Waals surface area contributed by atoms with Gasteiger partial charge < -0.3 is 20.7 Å². The van der Waals surface area contributed by atoms with E-state index in [-0.39, 0.29) is 18.4 Å². The fraction of sp³-hybridized carbons (Fsp3) is 0.222. The van der Waals surface area contributed by atoms with Crippen molar-refractivity contribution >= 4 is 23.2 Å². The van der Waals surface area contributed by atoms with Gasteiger partial charge in [-0.05, 0) is 37.3 Å². The third-order valence-electron chi connectivity index (χ3n) is 3.27. The second-order valence-electron chi connectivity index (χ2n) is 5.07. The van der Waals surface area contributed by atoms with Crippen LogP contribution in [-0.2, 0) is 4.79 Å². The van der Waals surface area contributed by atoms with Crippen molar-refractivity contribution in [1.82, 2.24) is 5.32 Å². The zero-order valence-electron chi connectivity index (χ0n) is 13.8. The van der Waals surface area contributed by atoms with Crippen LogP contribution in [0.5, 0.6) is 5.75 Å². The first kappa shape index (κ1) is 17.3. The molecule has 126 valence electrons. The Morgan fingerprint density at radius 3 is 2.54 bits per heavy atom. The average molecular weight is 327 g/mol. The topological polar surface area (TPSA) is 79.5 Å². The monoisotopic (exact) mass is 327 g/mol. The van der Waals surface area contributed by atoms with Gasteiger partial charge in [0.25, 0.3) is 5.91 Å². The number of hydrogen-bond acceptors (Lipinski definition) is 4. The van der Waals surface area contributed by atoms with Gasteiger partial charge in [0.15, 0.2) is 0 Å². The summed E-state index contributed by atoms with van der Waals surface area (Å²) in [5.74, 6) is 0.351. The maximum Gasteiger partial charge on any atom is 0.251 e. The van der Waals surface area contributed by atoms with Gasteiger partial charge in [-0.1, -0.05) is 12.1 Å². The summed E-state index contributed by atoms with van der Waals surface area (Å²) in [4.78, 5) is 23.8. The third kappa shape index (κ3) is 5.01. The maximum atomic E-state index is 12.0. The fourth-order valence-electron chi connectivity index (χ4n) is 2.12. The van der Waals surface area contributed by atoms with Gasteiger partial charge in [-0.25, -0.2) is 0 Å². The van der Waals surface area contributed by atoms with Crippen molar-refractivity contribution in [3.05, 3.63) is 54.1 Å². The van der Waals surface area contributed by atoms with Gasteiger partial charge in [-0.15, -0.1) is 0 Å². The molecule has 0 unspecified atom stereocenters. The van der Waals surface area contributed by atoms with E-state index in [0.717, 1.165) is 11.4 Å². The van der Waals surface area contributed by atoms with Crippen molar-refractivity contribution in [3.8, 4) is 5.75 Å². The molecule has 0 heterocycles. The predicted octanol–water partition coefficient (Wildman–Crippen LogP) is 2.50. The van der Waals surface area contributed by atoms with Gasteiger partial charge in [-0.3, -0.25) is 9.59 Å². The minimum absolute atomic E-state index is 0.110. The minimum atomic E-state index is -0.203. The number of hydrogen-bond donors (Lipinski definition) is 3. The van der Waals surface area contributed by atoms with E-state index in [1.165, 1.54) is 0 Å². The Labute approximate surface area is 141 Å². The Bertz CT molecular complexity index is 716. The SMILES string of the molecule is CCNC(=O)c1cccc(NC(=O)CNc2cccc(OC)c2)c1. The van der Waals surface area contributed by atoms with Crippen molar-refractivity contribution in [2.45, 2.75) is 6.92 Å². The molecule has 2 aromatic rings. The Hall–Kier alpha value is -3.02. The predicted molar refractivity (Wildman–Crippen MR) is 94.6 cm³/mol. The van der Waals surface area contributed by atoms with Crippen LogP contribution in [0.1, 0.15) is 17.3 Å². The molecule has 0 saturated carbocycles. The molecule has 0 bridgehead atoms. The zero-order valence-corrected chi connectivity index (χ0v) is 13.8. The van der Waals surface area contributed by atoms with Gasteiger partial charge in [0.2, 0.25) is 5.91 Å². The highest BCUT2D eigenvalue weighted by molar-refractivity contribution is 5.98. The molecule has 6 heteroatoms. The zero-order chi connectivity index (χ0) is 17.4. The van der Waals surface area contributed by atoms with E-state index in [1.807, 2.05) is 31.2 Å². The van der Waals surface area contributed by atoms with Crippen molar-refractivity contribution in [1.29, 1.82) is 0 Å². The number of ether oxygens (including phenoxy) is 1. The largest absolute Gasteiger partial charge is 0.497 e. The summed E-state index contributed by atoms with van der Waals surface area (Å²) in [6, 6.07) is 14.2. The van der Waals surface area contributed by atoms with Crippen LogP contribution in [0.3, 0.4) is 0 Å². The van der Waals surface area contributed by atoms with Crippen molar-refractivity contribution < 1.29 is 14.3 Å². The molecule has 24 heavy (non-hydrogen) atoms. The molecule has 0 fully saturated rings. The summed E-state index contributed by atoms with van der Waals surface area (Å²) in [5, 5.41) is 8.52. The Morgan fingerprint density at radius 1 is 1.04 bits per heavy atom. The summed E-state index contributed by atoms with van der Waals surface area (Å²) in [7, 11) is 1.59. The summed E-state index contributed by atoms with van der Waals surface area (Å²) in [5.41, 5.74) is 1.88. The van der Waals surface area contributed by atoms with E-state index in [2.05, 4.69) is 16.0 Å². The number of benzene rings is 2. The van der Waals surface area contributed by atoms with E-state index in [1.54, 1.807) is 31.4 Å². The molecule has 2 amide bonds. The highest BCUT2D eigenvalue weighted by Crippen LogP contribution is 2.16. The van der Waals surface area contributed by atoms with Gasteiger partial charge in [0, 0.05) is 29.5 Å². The summed E-state index contributed by atoms with van der Waals surface area (Å²) in [6.07, 6.45) is 0. The number of anilines is 2. The van der Waals surface area contributed by atoms with E-state index in [9.17, 15) is 9.59 Å². The van der Waals surface area contributed by atoms with Gasteiger partial charge in [0.05, 0.1) is 13.7 Å². The number of rotatable bonds is 7. The molecule has 0 aliphatic heterocycles. The lowest BCUT2D eigenvalue weighted by Crippen LogP contribution is -2.24. The lowest BCUT2D eigenvalue weighted by atomic mass is 10.2. The van der Waals surface area contributed by atoms with Crippen LogP contribution in [0, 0.1) is 0 Å². The van der Waals surface area contributed by atoms with Gasteiger partial charge in [0.1, 0.15) is 5.75 Å². The van der Waals surface area contributed by atoms with E-state index in [4.69, 9.17) is 4.74 Å². The lowest BCUT2D eigenvalue weighted by molar-refractivity contribution is -0.114. The van der Waals surface area contributed by atoms with E-state index >= 15 is 0 Å². The van der Waals surface area contributed by atoms with E-state index in [0.29, 0.717) is 17.8 Å². The van der Waals surface area contributed by atoms with Crippen LogP contribution in [0.2, 0.25) is 0 Å². The smallest absolute Gasteiger partial charge is 0.251 e. The highest BCUT2D eigenvalue weighted by atomic mass is 16.5. The molecule has 2 rings (SSSR count). The van der Waals surface area contributed by atoms with E-state index < -0.39 is 0 Å². The number of methoxy groups -OCH3 is 1. The molecule has 6 nitrogen and oxygen atoms in total. The molecule has 0 aliphatic rings. The van der Waals surface area contributed by atoms with Crippen LogP contribution >= 0.6 is 0 Å². The second kappa shape index (κ2) is 8.57. The summed E-state index contributed by atoms with van der Waals surface area (Å²) < 4.78 is 5.13. The third-order valence-corrected chi connectivity index (χ3v) is 3.27. The van der Waals surface area contributed by atoms with Crippen molar-refractivity contribution in [2.24, 2.45) is 0 Å². The van der Waals surface area contributed by atoms with Crippen LogP contribution < -0.4 is 20.7 Å². The van der Waals surface area contributed by atoms with Crippen molar-refractivity contribution in [3.63, 3.8) is 0 Å². The summed E-state index contributed by atoms with van der Waals surface area (Å²) in [6.45, 7) is 2.52. The number of carbonyl (C=O) groups excluding carboxylic acids is 2. The molecular formula is C18H21N3O3. The van der Waals surface area contributed by atoms with Crippen LogP contribution in [0.15, 0.2) is 48.5 Å². The van der Waals surface area contributed by atoms with Crippen LogP contribution in [-0.4, -0.2) is 32.0 Å². The van der Waals surface area contributed by atoms with Gasteiger partial charge in [-0.2, -0.15) is 0 Å². The molecule has 0 radical (unpaired) electrons. The quantitative estimate of drug-likeness (QED) is 0.730. The number of nitrogens with one attached hydrogen (secondary N) is 3. The fourth-order valence-corrected chi connectivity index (χ4v) is 2.12. The minimum Gasteiger partial charge on any atom is -0.497 e. The second-order valence-corrected chi connectivity index (χ2v) is 5.07. The maximum absolute atomic E-state index is 12.0. The first-order valence-corrected chi connectivity index (χ1v) is 7.68. The Kier molecular flexibility index (Phi) is 6.19. The molecular weight excluding hydrogens is 306 g/mol. The molecule has 0 aliphatic carbocycles. The standard InChI is InChI=1S/C18H21N3O3/c1-3-19-18(23)13-6-4-8-15(10-13)21-17(22)12-20-14-7-5-9-16(11-14)24-2/h4-11,20H,3,12H2,1-2H3,(H,19,23)(H,21,22). The van der Waals surface area contributed by atoms with Crippen molar-refractivity contribution in [2.75, 3.05) is 30.8 Å². The molecule has 0 saturated heterocycles. The highest BCUT2D eigenvalue weighted by Gasteiger charge is 2.07. The molecule has 0 atom stereocenters. The Morgan fingerprint density at radius 2 is 1.79 bits per heavy atom. The number of amides is 2. The first-order valence-electron chi connectivity index (χ1n) is 7.68. The average Bonchev–Trinajstić information content (AvgIpc) is 2.60. The number of carbonyl (C=O) groups is 2. The Balaban J connectivity index is 1.92. The molecule has 0 spiro atoms. The molecule has 3 N–H and O–H groups in total. The first-order chi connectivity index (χ1) is 11.6. The normalized spacial score (nSPS) is 9.92. The van der Waals surface area contributed by atoms with Crippen LogP contribution in [0.25, 0.3) is 0 Å². The molecule has 2 aromatic carbocycles. The molecule has 0 aromatic heterocycles. The summed E-state index contributed by atoms with van der Waals surface area (Å²) >= 11 is 0. The lowest BCUT2D eigenvalue weighted by Gasteiger charge is -2.10.